The maximum atomic E-state index is 12.2. The smallest absolute Gasteiger partial charge is 0.259 e. The number of carbonyl (C=O) groups is 1. The zero-order valence-electron chi connectivity index (χ0n) is 11.0. The van der Waals surface area contributed by atoms with Gasteiger partial charge in [0.25, 0.3) is 5.91 Å². The molecule has 0 aliphatic rings. The van der Waals surface area contributed by atoms with E-state index in [1.807, 2.05) is 12.1 Å². The van der Waals surface area contributed by atoms with Crippen molar-refractivity contribution in [3.8, 4) is 10.6 Å². The first-order chi connectivity index (χ1) is 10.6. The molecule has 0 unspecified atom stereocenters. The van der Waals surface area contributed by atoms with Gasteiger partial charge in [-0.15, -0.1) is 10.2 Å². The molecular weight excluding hydrogens is 388 g/mol. The lowest BCUT2D eigenvalue weighted by Gasteiger charge is -2.04. The van der Waals surface area contributed by atoms with Crippen LogP contribution in [0.4, 0.5) is 5.13 Å². The van der Waals surface area contributed by atoms with Crippen LogP contribution in [-0.4, -0.2) is 21.1 Å². The van der Waals surface area contributed by atoms with Gasteiger partial charge in [0.15, 0.2) is 0 Å². The third kappa shape index (κ3) is 3.32. The van der Waals surface area contributed by atoms with Crippen LogP contribution in [-0.2, 0) is 0 Å². The molecule has 22 heavy (non-hydrogen) atoms. The first-order valence-corrected chi connectivity index (χ1v) is 8.12. The van der Waals surface area contributed by atoms with Crippen LogP contribution in [0, 0.1) is 0 Å². The van der Waals surface area contributed by atoms with E-state index in [0.717, 1.165) is 10.0 Å². The van der Waals surface area contributed by atoms with Crippen molar-refractivity contribution >= 4 is 49.9 Å². The summed E-state index contributed by atoms with van der Waals surface area (Å²) >= 11 is 10.6. The summed E-state index contributed by atoms with van der Waals surface area (Å²) in [6.07, 6.45) is 3.35. The van der Waals surface area contributed by atoms with Crippen LogP contribution in [0.25, 0.3) is 10.6 Å². The maximum absolute atomic E-state index is 12.2. The van der Waals surface area contributed by atoms with Crippen LogP contribution in [0.3, 0.4) is 0 Å². The lowest BCUT2D eigenvalue weighted by molar-refractivity contribution is 0.102. The second kappa shape index (κ2) is 6.51. The highest BCUT2D eigenvalue weighted by atomic mass is 79.9. The van der Waals surface area contributed by atoms with Gasteiger partial charge in [-0.05, 0) is 30.3 Å². The molecule has 8 heteroatoms. The van der Waals surface area contributed by atoms with Gasteiger partial charge in [0.2, 0.25) is 5.13 Å². The summed E-state index contributed by atoms with van der Waals surface area (Å²) in [7, 11) is 0. The third-order valence-electron chi connectivity index (χ3n) is 2.75. The Bertz CT molecular complexity index is 825. The van der Waals surface area contributed by atoms with Crippen LogP contribution in [0.2, 0.25) is 5.02 Å². The molecule has 0 atom stereocenters. The predicted molar refractivity (Wildman–Crippen MR) is 90.2 cm³/mol. The summed E-state index contributed by atoms with van der Waals surface area (Å²) in [6.45, 7) is 0. The van der Waals surface area contributed by atoms with E-state index in [1.165, 1.54) is 11.3 Å². The quantitative estimate of drug-likeness (QED) is 0.719. The lowest BCUT2D eigenvalue weighted by atomic mass is 10.2. The Kier molecular flexibility index (Phi) is 4.47. The Labute approximate surface area is 143 Å². The van der Waals surface area contributed by atoms with Crippen LogP contribution in [0.15, 0.2) is 47.2 Å². The minimum Gasteiger partial charge on any atom is -0.296 e. The number of hydrogen-bond donors (Lipinski definition) is 1. The number of pyridine rings is 1. The molecular formula is C14H8BrClN4OS. The standard InChI is InChI=1S/C14H8BrClN4OS/c15-9-1-2-11(16)10(7-9)12(21)18-14-20-19-13(22-14)8-3-5-17-6-4-8/h1-7H,(H,18,20,21). The number of anilines is 1. The maximum Gasteiger partial charge on any atom is 0.259 e. The molecule has 0 aliphatic heterocycles. The third-order valence-corrected chi connectivity index (χ3v) is 4.46. The molecule has 0 bridgehead atoms. The molecule has 0 spiro atoms. The molecule has 110 valence electrons. The average molecular weight is 396 g/mol. The predicted octanol–water partition coefficient (Wildman–Crippen LogP) is 4.27. The van der Waals surface area contributed by atoms with E-state index in [4.69, 9.17) is 11.6 Å². The number of aromatic nitrogens is 3. The number of carbonyl (C=O) groups excluding carboxylic acids is 1. The Morgan fingerprint density at radius 1 is 1.18 bits per heavy atom. The molecule has 1 N–H and O–H groups in total. The van der Waals surface area contributed by atoms with E-state index in [2.05, 4.69) is 36.4 Å². The molecule has 3 rings (SSSR count). The van der Waals surface area contributed by atoms with Gasteiger partial charge >= 0.3 is 0 Å². The van der Waals surface area contributed by atoms with E-state index < -0.39 is 0 Å². The first kappa shape index (κ1) is 15.1. The summed E-state index contributed by atoms with van der Waals surface area (Å²) < 4.78 is 0.775. The zero-order valence-corrected chi connectivity index (χ0v) is 14.1. The number of halogens is 2. The molecule has 0 saturated carbocycles. The normalized spacial score (nSPS) is 10.5. The fourth-order valence-corrected chi connectivity index (χ4v) is 3.03. The van der Waals surface area contributed by atoms with Crippen LogP contribution >= 0.6 is 38.9 Å². The Hall–Kier alpha value is -1.83. The second-order valence-corrected chi connectivity index (χ2v) is 6.53. The molecule has 2 heterocycles. The van der Waals surface area contributed by atoms with Gasteiger partial charge in [-0.1, -0.05) is 38.9 Å². The van der Waals surface area contributed by atoms with Gasteiger partial charge in [0.05, 0.1) is 10.6 Å². The van der Waals surface area contributed by atoms with Crippen molar-refractivity contribution < 1.29 is 4.79 Å². The summed E-state index contributed by atoms with van der Waals surface area (Å²) in [6, 6.07) is 8.74. The van der Waals surface area contributed by atoms with E-state index in [1.54, 1.807) is 30.6 Å². The Morgan fingerprint density at radius 3 is 2.73 bits per heavy atom. The molecule has 0 aliphatic carbocycles. The van der Waals surface area contributed by atoms with Gasteiger partial charge in [-0.2, -0.15) is 0 Å². The number of nitrogens with one attached hydrogen (secondary N) is 1. The van der Waals surface area contributed by atoms with E-state index in [-0.39, 0.29) is 5.91 Å². The first-order valence-electron chi connectivity index (χ1n) is 6.14. The molecule has 3 aromatic rings. The Balaban J connectivity index is 1.81. The van der Waals surface area contributed by atoms with E-state index in [0.29, 0.717) is 20.7 Å². The summed E-state index contributed by atoms with van der Waals surface area (Å²) in [4.78, 5) is 16.2. The average Bonchev–Trinajstić information content (AvgIpc) is 2.99. The van der Waals surface area contributed by atoms with Crippen LogP contribution in [0.5, 0.6) is 0 Å². The SMILES string of the molecule is O=C(Nc1nnc(-c2ccncc2)s1)c1cc(Br)ccc1Cl. The number of rotatable bonds is 3. The summed E-state index contributed by atoms with van der Waals surface area (Å²) in [5.41, 5.74) is 1.27. The highest BCUT2D eigenvalue weighted by Crippen LogP contribution is 2.27. The van der Waals surface area contributed by atoms with Crippen molar-refractivity contribution in [1.82, 2.24) is 15.2 Å². The summed E-state index contributed by atoms with van der Waals surface area (Å²) in [5.74, 6) is -0.330. The van der Waals surface area contributed by atoms with Gasteiger partial charge in [-0.3, -0.25) is 15.1 Å². The van der Waals surface area contributed by atoms with Gasteiger partial charge in [0.1, 0.15) is 5.01 Å². The second-order valence-electron chi connectivity index (χ2n) is 4.23. The lowest BCUT2D eigenvalue weighted by Crippen LogP contribution is -2.12. The zero-order chi connectivity index (χ0) is 15.5. The summed E-state index contributed by atoms with van der Waals surface area (Å²) in [5, 5.41) is 12.2. The monoisotopic (exact) mass is 394 g/mol. The minimum absolute atomic E-state index is 0.330. The van der Waals surface area contributed by atoms with Crippen molar-refractivity contribution in [3.05, 3.63) is 57.8 Å². The van der Waals surface area contributed by atoms with Crippen LogP contribution in [0.1, 0.15) is 10.4 Å². The molecule has 1 amide bonds. The molecule has 0 radical (unpaired) electrons. The number of hydrogen-bond acceptors (Lipinski definition) is 5. The minimum atomic E-state index is -0.330. The molecule has 0 saturated heterocycles. The van der Waals surface area contributed by atoms with Crippen molar-refractivity contribution in [2.24, 2.45) is 0 Å². The van der Waals surface area contributed by atoms with Crippen molar-refractivity contribution in [2.75, 3.05) is 5.32 Å². The number of nitrogens with zero attached hydrogens (tertiary/aromatic N) is 3. The van der Waals surface area contributed by atoms with Gasteiger partial charge < -0.3 is 0 Å². The fourth-order valence-electron chi connectivity index (χ4n) is 1.72. The Morgan fingerprint density at radius 2 is 1.95 bits per heavy atom. The van der Waals surface area contributed by atoms with Crippen molar-refractivity contribution in [2.45, 2.75) is 0 Å². The largest absolute Gasteiger partial charge is 0.296 e. The number of amides is 1. The molecule has 0 fully saturated rings. The van der Waals surface area contributed by atoms with E-state index in [9.17, 15) is 4.79 Å². The van der Waals surface area contributed by atoms with E-state index >= 15 is 0 Å². The topological polar surface area (TPSA) is 67.8 Å². The molecule has 2 aromatic heterocycles. The number of benzene rings is 1. The van der Waals surface area contributed by atoms with Crippen molar-refractivity contribution in [3.63, 3.8) is 0 Å². The van der Waals surface area contributed by atoms with Gasteiger partial charge in [-0.25, -0.2) is 0 Å². The van der Waals surface area contributed by atoms with Gasteiger partial charge in [0, 0.05) is 22.4 Å². The fraction of sp³-hybridized carbons (Fsp3) is 0. The molecule has 5 nitrogen and oxygen atoms in total. The molecule has 1 aromatic carbocycles. The highest BCUT2D eigenvalue weighted by Gasteiger charge is 2.14. The highest BCUT2D eigenvalue weighted by molar-refractivity contribution is 9.10. The van der Waals surface area contributed by atoms with Crippen molar-refractivity contribution in [1.29, 1.82) is 0 Å². The van der Waals surface area contributed by atoms with Crippen LogP contribution < -0.4 is 5.32 Å².